The summed E-state index contributed by atoms with van der Waals surface area (Å²) in [5.41, 5.74) is 3.69. The number of hydrogen-bond acceptors (Lipinski definition) is 3. The van der Waals surface area contributed by atoms with Gasteiger partial charge in [-0.05, 0) is 67.6 Å². The van der Waals surface area contributed by atoms with E-state index in [1.165, 1.54) is 0 Å². The highest BCUT2D eigenvalue weighted by Crippen LogP contribution is 2.19. The van der Waals surface area contributed by atoms with Gasteiger partial charge in [0, 0.05) is 22.6 Å². The molecule has 0 aliphatic heterocycles. The molecule has 0 spiro atoms. The van der Waals surface area contributed by atoms with E-state index in [-0.39, 0.29) is 12.3 Å². The van der Waals surface area contributed by atoms with Crippen molar-refractivity contribution in [3.8, 4) is 0 Å². The van der Waals surface area contributed by atoms with E-state index in [9.17, 15) is 14.7 Å². The van der Waals surface area contributed by atoms with Gasteiger partial charge >= 0.3 is 0 Å². The second-order valence-corrected chi connectivity index (χ2v) is 6.33. The predicted molar refractivity (Wildman–Crippen MR) is 92.8 cm³/mol. The van der Waals surface area contributed by atoms with Gasteiger partial charge in [0.1, 0.15) is 0 Å². The van der Waals surface area contributed by atoms with Crippen molar-refractivity contribution in [2.24, 2.45) is 5.92 Å². The standard InChI is InChI=1S/C19H20ClNO3/c1-12-3-8-17(9-13(12)2)21-19(24)15(11-18(22)23)10-14-4-6-16(20)7-5-14/h3-9,15H,10-11H2,1-2H3,(H,21,24)(H,22,23)/p-1/t15-/m0/s1. The second-order valence-electron chi connectivity index (χ2n) is 5.89. The van der Waals surface area contributed by atoms with Crippen molar-refractivity contribution < 1.29 is 14.7 Å². The molecule has 1 amide bonds. The van der Waals surface area contributed by atoms with Crippen LogP contribution in [0, 0.1) is 19.8 Å². The first-order valence-electron chi connectivity index (χ1n) is 7.67. The lowest BCUT2D eigenvalue weighted by molar-refractivity contribution is -0.306. The van der Waals surface area contributed by atoms with Crippen molar-refractivity contribution >= 4 is 29.2 Å². The lowest BCUT2D eigenvalue weighted by Crippen LogP contribution is -2.32. The molecule has 4 nitrogen and oxygen atoms in total. The summed E-state index contributed by atoms with van der Waals surface area (Å²) >= 11 is 5.85. The van der Waals surface area contributed by atoms with Crippen LogP contribution in [0.2, 0.25) is 5.02 Å². The number of anilines is 1. The minimum absolute atomic E-state index is 0.307. The Morgan fingerprint density at radius 1 is 1.08 bits per heavy atom. The zero-order chi connectivity index (χ0) is 17.7. The van der Waals surface area contributed by atoms with E-state index in [2.05, 4.69) is 5.32 Å². The fourth-order valence-electron chi connectivity index (χ4n) is 2.43. The first-order chi connectivity index (χ1) is 11.3. The molecule has 0 fully saturated rings. The highest BCUT2D eigenvalue weighted by Gasteiger charge is 2.20. The fraction of sp³-hybridized carbons (Fsp3) is 0.263. The third-order valence-electron chi connectivity index (χ3n) is 3.95. The minimum atomic E-state index is -1.25. The number of carbonyl (C=O) groups is 2. The quantitative estimate of drug-likeness (QED) is 0.876. The molecule has 0 aliphatic rings. The summed E-state index contributed by atoms with van der Waals surface area (Å²) in [7, 11) is 0. The molecular formula is C19H19ClNO3-. The Bertz CT molecular complexity index is 741. The molecule has 2 aromatic carbocycles. The van der Waals surface area contributed by atoms with Crippen LogP contribution in [-0.2, 0) is 16.0 Å². The van der Waals surface area contributed by atoms with Crippen LogP contribution in [-0.4, -0.2) is 11.9 Å². The van der Waals surface area contributed by atoms with E-state index in [4.69, 9.17) is 11.6 Å². The number of halogens is 1. The first kappa shape index (κ1) is 18.0. The Morgan fingerprint density at radius 2 is 1.75 bits per heavy atom. The zero-order valence-corrected chi connectivity index (χ0v) is 14.4. The molecule has 2 aromatic rings. The Balaban J connectivity index is 2.13. The Kier molecular flexibility index (Phi) is 5.99. The Morgan fingerprint density at radius 3 is 2.33 bits per heavy atom. The molecule has 0 heterocycles. The van der Waals surface area contributed by atoms with Crippen molar-refractivity contribution in [2.75, 3.05) is 5.32 Å². The van der Waals surface area contributed by atoms with Crippen molar-refractivity contribution in [1.29, 1.82) is 0 Å². The van der Waals surface area contributed by atoms with E-state index in [1.54, 1.807) is 30.3 Å². The van der Waals surface area contributed by atoms with Crippen molar-refractivity contribution in [2.45, 2.75) is 26.7 Å². The van der Waals surface area contributed by atoms with E-state index in [0.29, 0.717) is 17.1 Å². The first-order valence-corrected chi connectivity index (χ1v) is 8.05. The molecule has 0 radical (unpaired) electrons. The summed E-state index contributed by atoms with van der Waals surface area (Å²) < 4.78 is 0. The van der Waals surface area contributed by atoms with Crippen molar-refractivity contribution in [3.63, 3.8) is 0 Å². The van der Waals surface area contributed by atoms with E-state index < -0.39 is 11.9 Å². The highest BCUT2D eigenvalue weighted by molar-refractivity contribution is 6.30. The number of benzene rings is 2. The summed E-state index contributed by atoms with van der Waals surface area (Å²) in [6, 6.07) is 12.6. The van der Waals surface area contributed by atoms with Gasteiger partial charge in [-0.2, -0.15) is 0 Å². The smallest absolute Gasteiger partial charge is 0.228 e. The molecule has 1 atom stereocenters. The summed E-state index contributed by atoms with van der Waals surface area (Å²) in [4.78, 5) is 23.5. The topological polar surface area (TPSA) is 69.2 Å². The summed E-state index contributed by atoms with van der Waals surface area (Å²) in [6.07, 6.45) is -0.0267. The SMILES string of the molecule is Cc1ccc(NC(=O)[C@H](CC(=O)[O-])Cc2ccc(Cl)cc2)cc1C. The predicted octanol–water partition coefficient (Wildman–Crippen LogP) is 2.89. The van der Waals surface area contributed by atoms with Crippen molar-refractivity contribution in [1.82, 2.24) is 0 Å². The molecule has 24 heavy (non-hydrogen) atoms. The molecule has 0 bridgehead atoms. The molecule has 0 aliphatic carbocycles. The van der Waals surface area contributed by atoms with Crippen LogP contribution in [0.3, 0.4) is 0 Å². The van der Waals surface area contributed by atoms with Crippen LogP contribution >= 0.6 is 11.6 Å². The molecule has 5 heteroatoms. The van der Waals surface area contributed by atoms with Crippen LogP contribution in [0.4, 0.5) is 5.69 Å². The third kappa shape index (κ3) is 5.10. The summed E-state index contributed by atoms with van der Waals surface area (Å²) in [6.45, 7) is 3.94. The molecule has 0 saturated heterocycles. The molecule has 0 unspecified atom stereocenters. The van der Waals surface area contributed by atoms with Crippen molar-refractivity contribution in [3.05, 3.63) is 64.2 Å². The maximum absolute atomic E-state index is 12.5. The van der Waals surface area contributed by atoms with Gasteiger partial charge in [-0.1, -0.05) is 29.8 Å². The number of aryl methyl sites for hydroxylation is 2. The van der Waals surface area contributed by atoms with Crippen LogP contribution in [0.15, 0.2) is 42.5 Å². The molecular weight excluding hydrogens is 326 g/mol. The Labute approximate surface area is 146 Å². The monoisotopic (exact) mass is 344 g/mol. The number of hydrogen-bond donors (Lipinski definition) is 1. The van der Waals surface area contributed by atoms with E-state index in [1.807, 2.05) is 26.0 Å². The zero-order valence-electron chi connectivity index (χ0n) is 13.6. The second kappa shape index (κ2) is 7.97. The Hall–Kier alpha value is -2.33. The third-order valence-corrected chi connectivity index (χ3v) is 4.21. The fourth-order valence-corrected chi connectivity index (χ4v) is 2.55. The van der Waals surface area contributed by atoms with Crippen LogP contribution in [0.5, 0.6) is 0 Å². The molecule has 126 valence electrons. The van der Waals surface area contributed by atoms with Gasteiger partial charge in [0.25, 0.3) is 0 Å². The average molecular weight is 345 g/mol. The number of nitrogens with one attached hydrogen (secondary N) is 1. The highest BCUT2D eigenvalue weighted by atomic mass is 35.5. The molecule has 0 saturated carbocycles. The average Bonchev–Trinajstić information content (AvgIpc) is 2.52. The van der Waals surface area contributed by atoms with Gasteiger partial charge in [0.15, 0.2) is 0 Å². The largest absolute Gasteiger partial charge is 0.550 e. The van der Waals surface area contributed by atoms with Gasteiger partial charge in [0.2, 0.25) is 5.91 Å². The molecule has 2 rings (SSSR count). The van der Waals surface area contributed by atoms with Gasteiger partial charge in [-0.25, -0.2) is 0 Å². The maximum Gasteiger partial charge on any atom is 0.228 e. The van der Waals surface area contributed by atoms with Gasteiger partial charge < -0.3 is 15.2 Å². The number of aliphatic carboxylic acids is 1. The van der Waals surface area contributed by atoms with Gasteiger partial charge in [-0.3, -0.25) is 4.79 Å². The van der Waals surface area contributed by atoms with Crippen LogP contribution in [0.1, 0.15) is 23.1 Å². The van der Waals surface area contributed by atoms with Crippen LogP contribution < -0.4 is 10.4 Å². The number of rotatable bonds is 6. The van der Waals surface area contributed by atoms with Gasteiger partial charge in [0.05, 0.1) is 0 Å². The number of amides is 1. The normalized spacial score (nSPS) is 11.8. The maximum atomic E-state index is 12.5. The van der Waals surface area contributed by atoms with E-state index >= 15 is 0 Å². The van der Waals surface area contributed by atoms with Crippen LogP contribution in [0.25, 0.3) is 0 Å². The van der Waals surface area contributed by atoms with E-state index in [0.717, 1.165) is 16.7 Å². The summed E-state index contributed by atoms with van der Waals surface area (Å²) in [5.74, 6) is -2.29. The molecule has 1 N–H and O–H groups in total. The number of carboxylic acid groups (broad SMARTS) is 1. The lowest BCUT2D eigenvalue weighted by atomic mass is 9.95. The number of carboxylic acids is 1. The minimum Gasteiger partial charge on any atom is -0.550 e. The number of carbonyl (C=O) groups excluding carboxylic acids is 2. The molecule has 0 aromatic heterocycles. The lowest BCUT2D eigenvalue weighted by Gasteiger charge is -2.18. The summed E-state index contributed by atoms with van der Waals surface area (Å²) in [5, 5.41) is 14.4. The van der Waals surface area contributed by atoms with Gasteiger partial charge in [-0.15, -0.1) is 0 Å².